The van der Waals surface area contributed by atoms with Crippen LogP contribution < -0.4 is 0 Å². The normalized spacial score (nSPS) is 12.3. The smallest absolute Gasteiger partial charge is 0.336 e. The van der Waals surface area contributed by atoms with Crippen LogP contribution in [0.5, 0.6) is 0 Å². The van der Waals surface area contributed by atoms with E-state index in [0.717, 1.165) is 16.3 Å². The van der Waals surface area contributed by atoms with Crippen LogP contribution >= 0.6 is 11.6 Å². The van der Waals surface area contributed by atoms with Gasteiger partial charge >= 0.3 is 5.97 Å². The molecule has 0 spiro atoms. The van der Waals surface area contributed by atoms with Gasteiger partial charge < -0.3 is 5.11 Å². The molecule has 0 saturated heterocycles. The molecule has 1 aliphatic rings. The Morgan fingerprint density at radius 3 is 2.41 bits per heavy atom. The fourth-order valence-electron chi connectivity index (χ4n) is 3.12. The van der Waals surface area contributed by atoms with Crippen LogP contribution in [0.4, 0.5) is 0 Å². The molecule has 0 fully saturated rings. The van der Waals surface area contributed by atoms with E-state index in [0.29, 0.717) is 21.7 Å². The van der Waals surface area contributed by atoms with Crippen molar-refractivity contribution < 1.29 is 14.7 Å². The van der Waals surface area contributed by atoms with Gasteiger partial charge in [-0.15, -0.1) is 0 Å². The van der Waals surface area contributed by atoms with E-state index >= 15 is 0 Å². The van der Waals surface area contributed by atoms with Crippen LogP contribution in [-0.4, -0.2) is 16.9 Å². The third-order valence-electron chi connectivity index (χ3n) is 4.04. The van der Waals surface area contributed by atoms with Gasteiger partial charge in [0.1, 0.15) is 0 Å². The Morgan fingerprint density at radius 1 is 0.909 bits per heavy atom. The van der Waals surface area contributed by atoms with Crippen LogP contribution in [0.3, 0.4) is 0 Å². The van der Waals surface area contributed by atoms with E-state index in [1.165, 1.54) is 6.07 Å². The summed E-state index contributed by atoms with van der Waals surface area (Å²) < 4.78 is 0. The lowest BCUT2D eigenvalue weighted by Crippen LogP contribution is -2.13. The molecular formula is C18H9ClO3. The Bertz CT molecular complexity index is 989. The van der Waals surface area contributed by atoms with E-state index in [-0.39, 0.29) is 11.3 Å². The molecule has 4 heteroatoms. The van der Waals surface area contributed by atoms with Gasteiger partial charge in [-0.2, -0.15) is 0 Å². The lowest BCUT2D eigenvalue weighted by atomic mass is 9.81. The molecule has 0 atom stereocenters. The Hall–Kier alpha value is -2.65. The fourth-order valence-corrected chi connectivity index (χ4v) is 3.34. The molecule has 0 bridgehead atoms. The van der Waals surface area contributed by atoms with Crippen LogP contribution in [0.1, 0.15) is 26.3 Å². The second kappa shape index (κ2) is 4.42. The second-order valence-electron chi connectivity index (χ2n) is 5.19. The Morgan fingerprint density at radius 2 is 1.64 bits per heavy atom. The van der Waals surface area contributed by atoms with Crippen molar-refractivity contribution in [3.63, 3.8) is 0 Å². The number of ketones is 1. The maximum atomic E-state index is 12.7. The van der Waals surface area contributed by atoms with E-state index in [9.17, 15) is 14.7 Å². The first-order valence-corrected chi connectivity index (χ1v) is 7.10. The number of benzene rings is 3. The van der Waals surface area contributed by atoms with Crippen LogP contribution in [0.25, 0.3) is 21.9 Å². The summed E-state index contributed by atoms with van der Waals surface area (Å²) in [4.78, 5) is 24.3. The van der Waals surface area contributed by atoms with Crippen molar-refractivity contribution >= 4 is 34.1 Å². The van der Waals surface area contributed by atoms with Gasteiger partial charge in [-0.3, -0.25) is 4.79 Å². The highest BCUT2D eigenvalue weighted by Gasteiger charge is 2.29. The van der Waals surface area contributed by atoms with Gasteiger partial charge in [0.2, 0.25) is 0 Å². The summed E-state index contributed by atoms with van der Waals surface area (Å²) in [5.74, 6) is -1.22. The van der Waals surface area contributed by atoms with Gasteiger partial charge in [0, 0.05) is 32.5 Å². The van der Waals surface area contributed by atoms with Crippen LogP contribution in [0, 0.1) is 0 Å². The van der Waals surface area contributed by atoms with Crippen LogP contribution in [-0.2, 0) is 0 Å². The Balaban J connectivity index is 2.26. The van der Waals surface area contributed by atoms with Crippen LogP contribution in [0.2, 0.25) is 5.02 Å². The van der Waals surface area contributed by atoms with Gasteiger partial charge in [-0.1, -0.05) is 48.0 Å². The lowest BCUT2D eigenvalue weighted by Gasteiger charge is -2.21. The minimum Gasteiger partial charge on any atom is -0.478 e. The first kappa shape index (κ1) is 13.0. The van der Waals surface area contributed by atoms with Crippen LogP contribution in [0.15, 0.2) is 48.5 Å². The van der Waals surface area contributed by atoms with Gasteiger partial charge in [-0.05, 0) is 17.7 Å². The Labute approximate surface area is 130 Å². The van der Waals surface area contributed by atoms with E-state index in [4.69, 9.17) is 11.6 Å². The molecular weight excluding hydrogens is 300 g/mol. The minimum atomic E-state index is -1.05. The summed E-state index contributed by atoms with van der Waals surface area (Å²) in [7, 11) is 0. The van der Waals surface area contributed by atoms with Crippen molar-refractivity contribution in [2.24, 2.45) is 0 Å². The quantitative estimate of drug-likeness (QED) is 0.567. The van der Waals surface area contributed by atoms with E-state index < -0.39 is 5.97 Å². The number of carboxylic acid groups (broad SMARTS) is 1. The number of carbonyl (C=O) groups is 2. The molecule has 3 aromatic rings. The summed E-state index contributed by atoms with van der Waals surface area (Å²) in [5, 5.41) is 11.5. The number of rotatable bonds is 1. The number of carboxylic acids is 1. The molecule has 3 nitrogen and oxygen atoms in total. The lowest BCUT2D eigenvalue weighted by molar-refractivity contribution is 0.0697. The predicted molar refractivity (Wildman–Crippen MR) is 84.8 cm³/mol. The van der Waals surface area contributed by atoms with Crippen molar-refractivity contribution in [3.05, 3.63) is 70.2 Å². The highest BCUT2D eigenvalue weighted by Crippen LogP contribution is 2.43. The molecule has 0 saturated carbocycles. The van der Waals surface area contributed by atoms with Crippen molar-refractivity contribution in [3.8, 4) is 11.1 Å². The molecule has 0 aliphatic heterocycles. The van der Waals surface area contributed by atoms with E-state index in [1.807, 2.05) is 6.07 Å². The third kappa shape index (κ3) is 1.57. The summed E-state index contributed by atoms with van der Waals surface area (Å²) in [5.41, 5.74) is 2.32. The summed E-state index contributed by atoms with van der Waals surface area (Å²) in [6, 6.07) is 13.7. The number of hydrogen-bond donors (Lipinski definition) is 1. The van der Waals surface area contributed by atoms with Gasteiger partial charge in [-0.25, -0.2) is 4.79 Å². The van der Waals surface area contributed by atoms with Crippen molar-refractivity contribution in [2.75, 3.05) is 0 Å². The summed E-state index contributed by atoms with van der Waals surface area (Å²) in [6.45, 7) is 0. The molecule has 0 aromatic heterocycles. The molecule has 1 N–H and O–H groups in total. The molecule has 0 radical (unpaired) electrons. The number of halogens is 1. The number of hydrogen-bond acceptors (Lipinski definition) is 2. The third-order valence-corrected chi connectivity index (χ3v) is 4.37. The average molecular weight is 309 g/mol. The highest BCUT2D eigenvalue weighted by atomic mass is 35.5. The summed E-state index contributed by atoms with van der Waals surface area (Å²) >= 11 is 6.23. The van der Waals surface area contributed by atoms with Gasteiger partial charge in [0.25, 0.3) is 0 Å². The van der Waals surface area contributed by atoms with E-state index in [2.05, 4.69) is 0 Å². The first-order valence-electron chi connectivity index (χ1n) is 6.72. The minimum absolute atomic E-state index is 0.129. The summed E-state index contributed by atoms with van der Waals surface area (Å²) in [6.07, 6.45) is 0. The topological polar surface area (TPSA) is 54.4 Å². The molecule has 1 aliphatic carbocycles. The first-order chi connectivity index (χ1) is 10.6. The SMILES string of the molecule is O=C(O)c1cccc2c1-c1ccc(Cl)c3cccc(c13)C2=O. The zero-order valence-electron chi connectivity index (χ0n) is 11.3. The maximum absolute atomic E-state index is 12.7. The highest BCUT2D eigenvalue weighted by molar-refractivity contribution is 6.38. The molecule has 22 heavy (non-hydrogen) atoms. The van der Waals surface area contributed by atoms with Crippen molar-refractivity contribution in [1.29, 1.82) is 0 Å². The molecule has 0 unspecified atom stereocenters. The molecule has 106 valence electrons. The van der Waals surface area contributed by atoms with Crippen molar-refractivity contribution in [2.45, 2.75) is 0 Å². The molecule has 0 heterocycles. The van der Waals surface area contributed by atoms with Gasteiger partial charge in [0.15, 0.2) is 5.78 Å². The number of fused-ring (bicyclic) bond motifs is 2. The Kier molecular flexibility index (Phi) is 2.62. The maximum Gasteiger partial charge on any atom is 0.336 e. The largest absolute Gasteiger partial charge is 0.478 e. The zero-order valence-corrected chi connectivity index (χ0v) is 12.0. The molecule has 4 rings (SSSR count). The number of aromatic carboxylic acids is 1. The fraction of sp³-hybridized carbons (Fsp3) is 0. The number of carbonyl (C=O) groups excluding carboxylic acids is 1. The second-order valence-corrected chi connectivity index (χ2v) is 5.59. The zero-order chi connectivity index (χ0) is 15.4. The predicted octanol–water partition coefficient (Wildman–Crippen LogP) is 4.40. The molecule has 3 aromatic carbocycles. The van der Waals surface area contributed by atoms with E-state index in [1.54, 1.807) is 36.4 Å². The molecule has 0 amide bonds. The van der Waals surface area contributed by atoms with Gasteiger partial charge in [0.05, 0.1) is 5.56 Å². The average Bonchev–Trinajstić information content (AvgIpc) is 2.53. The van der Waals surface area contributed by atoms with Crippen molar-refractivity contribution in [1.82, 2.24) is 0 Å². The monoisotopic (exact) mass is 308 g/mol. The standard InChI is InChI=1S/C18H9ClO3/c19-14-8-7-10-15-9(14)3-1-4-11(15)17(20)12-5-2-6-13(16(10)12)18(21)22/h1-8H,(H,21,22).